The van der Waals surface area contributed by atoms with E-state index in [1.54, 1.807) is 0 Å². The number of esters is 1. The number of rotatable bonds is 2. The fourth-order valence-electron chi connectivity index (χ4n) is 1.70. The number of hydrogen-bond acceptors (Lipinski definition) is 3. The number of alkyl halides is 3. The zero-order valence-electron chi connectivity index (χ0n) is 10.7. The van der Waals surface area contributed by atoms with Crippen molar-refractivity contribution in [1.82, 2.24) is 4.98 Å². The molecule has 0 atom stereocenters. The Hall–Kier alpha value is -2.08. The Morgan fingerprint density at radius 2 is 1.81 bits per heavy atom. The molecule has 0 amide bonds. The molecule has 110 valence electrons. The number of nitrogens with zero attached hydrogens (tertiary/aromatic N) is 1. The van der Waals surface area contributed by atoms with Gasteiger partial charge in [-0.25, -0.2) is 9.78 Å². The molecule has 0 unspecified atom stereocenters. The fraction of sp³-hybridized carbons (Fsp3) is 0.143. The first kappa shape index (κ1) is 15.3. The number of carbonyl (C=O) groups is 1. The lowest BCUT2D eigenvalue weighted by atomic mass is 10.1. The summed E-state index contributed by atoms with van der Waals surface area (Å²) in [5, 5.41) is -0.253. The van der Waals surface area contributed by atoms with Gasteiger partial charge in [-0.05, 0) is 24.3 Å². The average Bonchev–Trinajstić information content (AvgIpc) is 2.45. The van der Waals surface area contributed by atoms with Crippen molar-refractivity contribution in [2.24, 2.45) is 0 Å². The van der Waals surface area contributed by atoms with Crippen LogP contribution in [0.15, 0.2) is 36.4 Å². The highest BCUT2D eigenvalue weighted by atomic mass is 35.5. The third-order valence-corrected chi connectivity index (χ3v) is 2.92. The van der Waals surface area contributed by atoms with Gasteiger partial charge in [0, 0.05) is 5.56 Å². The number of carbonyl (C=O) groups excluding carboxylic acids is 1. The van der Waals surface area contributed by atoms with Crippen LogP contribution in [-0.4, -0.2) is 18.1 Å². The minimum Gasteiger partial charge on any atom is -0.465 e. The van der Waals surface area contributed by atoms with Crippen LogP contribution in [0.2, 0.25) is 5.15 Å². The Morgan fingerprint density at radius 3 is 2.33 bits per heavy atom. The van der Waals surface area contributed by atoms with Crippen molar-refractivity contribution in [3.05, 3.63) is 52.7 Å². The largest absolute Gasteiger partial charge is 0.465 e. The third kappa shape index (κ3) is 3.52. The molecule has 1 aromatic carbocycles. The van der Waals surface area contributed by atoms with Crippen LogP contribution in [0.25, 0.3) is 11.3 Å². The topological polar surface area (TPSA) is 39.2 Å². The van der Waals surface area contributed by atoms with Gasteiger partial charge in [-0.15, -0.1) is 0 Å². The van der Waals surface area contributed by atoms with Gasteiger partial charge in [0.05, 0.1) is 23.9 Å². The number of halogens is 4. The van der Waals surface area contributed by atoms with Crippen LogP contribution in [-0.2, 0) is 10.9 Å². The maximum Gasteiger partial charge on any atom is 0.416 e. The second-order valence-electron chi connectivity index (χ2n) is 4.13. The summed E-state index contributed by atoms with van der Waals surface area (Å²) in [4.78, 5) is 15.2. The predicted octanol–water partition coefficient (Wildman–Crippen LogP) is 4.21. The van der Waals surface area contributed by atoms with Gasteiger partial charge in [0.2, 0.25) is 0 Å². The number of ether oxygens (including phenoxy) is 1. The van der Waals surface area contributed by atoms with Crippen molar-refractivity contribution in [1.29, 1.82) is 0 Å². The lowest BCUT2D eigenvalue weighted by molar-refractivity contribution is -0.137. The Kier molecular flexibility index (Phi) is 4.18. The summed E-state index contributed by atoms with van der Waals surface area (Å²) in [6.45, 7) is 0. The van der Waals surface area contributed by atoms with Gasteiger partial charge in [-0.1, -0.05) is 23.7 Å². The monoisotopic (exact) mass is 315 g/mol. The molecule has 0 fully saturated rings. The van der Waals surface area contributed by atoms with Crippen LogP contribution in [0.5, 0.6) is 0 Å². The Balaban J connectivity index is 2.42. The van der Waals surface area contributed by atoms with E-state index in [4.69, 9.17) is 11.6 Å². The highest BCUT2D eigenvalue weighted by molar-refractivity contribution is 6.29. The van der Waals surface area contributed by atoms with Gasteiger partial charge >= 0.3 is 12.1 Å². The third-order valence-electron chi connectivity index (χ3n) is 2.72. The van der Waals surface area contributed by atoms with Crippen LogP contribution in [0.3, 0.4) is 0 Å². The van der Waals surface area contributed by atoms with Crippen molar-refractivity contribution >= 4 is 17.6 Å². The molecular formula is C14H9ClF3NO2. The van der Waals surface area contributed by atoms with Crippen LogP contribution >= 0.6 is 11.6 Å². The van der Waals surface area contributed by atoms with E-state index in [0.29, 0.717) is 11.1 Å². The summed E-state index contributed by atoms with van der Waals surface area (Å²) >= 11 is 5.62. The van der Waals surface area contributed by atoms with Crippen molar-refractivity contribution in [3.63, 3.8) is 0 Å². The smallest absolute Gasteiger partial charge is 0.416 e. The van der Waals surface area contributed by atoms with E-state index in [2.05, 4.69) is 9.72 Å². The van der Waals surface area contributed by atoms with Crippen molar-refractivity contribution < 1.29 is 22.7 Å². The number of hydrogen-bond donors (Lipinski definition) is 0. The van der Waals surface area contributed by atoms with Crippen LogP contribution in [0, 0.1) is 0 Å². The number of methoxy groups -OCH3 is 1. The van der Waals surface area contributed by atoms with E-state index in [-0.39, 0.29) is 10.8 Å². The molecule has 1 aromatic heterocycles. The van der Waals surface area contributed by atoms with E-state index in [1.807, 2.05) is 0 Å². The Bertz CT molecular complexity index is 669. The lowest BCUT2D eigenvalue weighted by Crippen LogP contribution is -2.06. The number of aromatic nitrogens is 1. The number of benzene rings is 1. The minimum atomic E-state index is -4.51. The van der Waals surface area contributed by atoms with Crippen LogP contribution in [0.1, 0.15) is 15.9 Å². The molecular weight excluding hydrogens is 307 g/mol. The summed E-state index contributed by atoms with van der Waals surface area (Å²) in [5.74, 6) is -0.531. The van der Waals surface area contributed by atoms with Crippen molar-refractivity contribution in [3.8, 4) is 11.3 Å². The second-order valence-corrected chi connectivity index (χ2v) is 4.52. The Labute approximate surface area is 123 Å². The molecule has 0 spiro atoms. The quantitative estimate of drug-likeness (QED) is 0.615. The van der Waals surface area contributed by atoms with Gasteiger partial charge in [0.1, 0.15) is 5.15 Å². The van der Waals surface area contributed by atoms with Crippen molar-refractivity contribution in [2.45, 2.75) is 6.18 Å². The molecule has 21 heavy (non-hydrogen) atoms. The summed E-state index contributed by atoms with van der Waals surface area (Å²) in [6, 6.07) is 7.50. The number of pyridine rings is 1. The van der Waals surface area contributed by atoms with Gasteiger partial charge in [-0.2, -0.15) is 13.2 Å². The molecule has 0 aliphatic carbocycles. The molecule has 0 aliphatic rings. The maximum atomic E-state index is 12.7. The average molecular weight is 316 g/mol. The van der Waals surface area contributed by atoms with Gasteiger partial charge in [0.15, 0.2) is 0 Å². The van der Waals surface area contributed by atoms with Crippen molar-refractivity contribution in [2.75, 3.05) is 7.11 Å². The standard InChI is InChI=1S/C14H9ClF3NO2/c1-21-13(20)9-4-2-8(3-5-9)11-6-10(14(16,17)18)7-12(15)19-11/h2-7H,1H3. The summed E-state index contributed by atoms with van der Waals surface area (Å²) < 4.78 is 42.7. The van der Waals surface area contributed by atoms with E-state index >= 15 is 0 Å². The van der Waals surface area contributed by atoms with Gasteiger partial charge in [-0.3, -0.25) is 0 Å². The van der Waals surface area contributed by atoms with Crippen LogP contribution < -0.4 is 0 Å². The molecule has 2 aromatic rings. The minimum absolute atomic E-state index is 0.0752. The zero-order chi connectivity index (χ0) is 15.6. The molecule has 2 rings (SSSR count). The fourth-order valence-corrected chi connectivity index (χ4v) is 1.91. The van der Waals surface area contributed by atoms with E-state index < -0.39 is 17.7 Å². The molecule has 0 aliphatic heterocycles. The molecule has 0 saturated carbocycles. The highest BCUT2D eigenvalue weighted by Gasteiger charge is 2.31. The summed E-state index contributed by atoms with van der Waals surface area (Å²) in [5.41, 5.74) is -0.101. The molecule has 1 heterocycles. The molecule has 3 nitrogen and oxygen atoms in total. The van der Waals surface area contributed by atoms with Gasteiger partial charge < -0.3 is 4.74 Å². The highest BCUT2D eigenvalue weighted by Crippen LogP contribution is 2.33. The first-order valence-corrected chi connectivity index (χ1v) is 6.12. The molecule has 7 heteroatoms. The SMILES string of the molecule is COC(=O)c1ccc(-c2cc(C(F)(F)F)cc(Cl)n2)cc1. The molecule has 0 saturated heterocycles. The lowest BCUT2D eigenvalue weighted by Gasteiger charge is -2.09. The van der Waals surface area contributed by atoms with E-state index in [0.717, 1.165) is 12.1 Å². The molecule has 0 radical (unpaired) electrons. The predicted molar refractivity (Wildman–Crippen MR) is 71.0 cm³/mol. The Morgan fingerprint density at radius 1 is 1.19 bits per heavy atom. The maximum absolute atomic E-state index is 12.7. The zero-order valence-corrected chi connectivity index (χ0v) is 11.5. The second kappa shape index (κ2) is 5.73. The summed E-state index contributed by atoms with van der Waals surface area (Å²) in [7, 11) is 1.24. The van der Waals surface area contributed by atoms with Gasteiger partial charge in [0.25, 0.3) is 0 Å². The molecule has 0 N–H and O–H groups in total. The molecule has 0 bridgehead atoms. The first-order chi connectivity index (χ1) is 9.81. The van der Waals surface area contributed by atoms with E-state index in [1.165, 1.54) is 31.4 Å². The van der Waals surface area contributed by atoms with E-state index in [9.17, 15) is 18.0 Å². The summed E-state index contributed by atoms with van der Waals surface area (Å²) in [6.07, 6.45) is -4.51. The van der Waals surface area contributed by atoms with Crippen LogP contribution in [0.4, 0.5) is 13.2 Å². The normalized spacial score (nSPS) is 11.3. The first-order valence-electron chi connectivity index (χ1n) is 5.75.